The van der Waals surface area contributed by atoms with Crippen molar-refractivity contribution in [3.05, 3.63) is 69.7 Å². The Morgan fingerprint density at radius 2 is 1.89 bits per heavy atom. The summed E-state index contributed by atoms with van der Waals surface area (Å²) < 4.78 is 35.1. The van der Waals surface area contributed by atoms with Crippen molar-refractivity contribution in [2.45, 2.75) is 56.9 Å². The lowest BCUT2D eigenvalue weighted by Crippen LogP contribution is -2.22. The fourth-order valence-corrected chi connectivity index (χ4v) is 5.64. The van der Waals surface area contributed by atoms with Crippen LogP contribution in [0.5, 0.6) is 5.75 Å². The summed E-state index contributed by atoms with van der Waals surface area (Å²) in [6.45, 7) is 3.76. The number of anilines is 1. The van der Waals surface area contributed by atoms with Gasteiger partial charge in [0, 0.05) is 37.7 Å². The number of sulfonamides is 1. The highest BCUT2D eigenvalue weighted by Gasteiger charge is 2.32. The molecular weight excluding hydrogens is 470 g/mol. The van der Waals surface area contributed by atoms with Gasteiger partial charge in [0.25, 0.3) is 10.0 Å². The van der Waals surface area contributed by atoms with E-state index in [1.807, 2.05) is 13.8 Å². The average Bonchev–Trinajstić information content (AvgIpc) is 3.21. The Labute approximate surface area is 203 Å². The third-order valence-electron chi connectivity index (χ3n) is 6.23. The molecule has 2 N–H and O–H groups in total. The molecular formula is C25H29N3O6S. The van der Waals surface area contributed by atoms with Gasteiger partial charge in [0.15, 0.2) is 10.8 Å². The second-order valence-electron chi connectivity index (χ2n) is 9.26. The molecule has 1 atom stereocenters. The second-order valence-corrected chi connectivity index (χ2v) is 10.9. The van der Waals surface area contributed by atoms with E-state index in [-0.39, 0.29) is 51.5 Å². The van der Waals surface area contributed by atoms with Gasteiger partial charge in [0.1, 0.15) is 11.5 Å². The van der Waals surface area contributed by atoms with Crippen LogP contribution >= 0.6 is 0 Å². The third-order valence-corrected chi connectivity index (χ3v) is 7.49. The number of imidazole rings is 1. The molecule has 1 aliphatic carbocycles. The first-order valence-electron chi connectivity index (χ1n) is 11.6. The molecule has 2 heterocycles. The number of aryl methyl sites for hydroxylation is 2. The molecule has 1 unspecified atom stereocenters. The minimum absolute atomic E-state index is 0.0115. The normalized spacial score (nSPS) is 15.4. The smallest absolute Gasteiger partial charge is 0.343 e. The Balaban J connectivity index is 1.78. The molecule has 4 rings (SSSR count). The van der Waals surface area contributed by atoms with Crippen LogP contribution in [0.2, 0.25) is 0 Å². The fraction of sp³-hybridized carbons (Fsp3) is 0.400. The molecule has 0 bridgehead atoms. The number of aromatic nitrogens is 2. The molecule has 0 radical (unpaired) electrons. The van der Waals surface area contributed by atoms with Gasteiger partial charge in [-0.1, -0.05) is 32.4 Å². The number of Topliss-reactive ketones (excluding diaryl/α,β-unsaturated/α-hetero) is 1. The van der Waals surface area contributed by atoms with E-state index in [1.165, 1.54) is 17.1 Å². The van der Waals surface area contributed by atoms with Crippen molar-refractivity contribution in [1.82, 2.24) is 9.55 Å². The van der Waals surface area contributed by atoms with Crippen LogP contribution in [0.15, 0.2) is 51.0 Å². The van der Waals surface area contributed by atoms with Gasteiger partial charge in [-0.25, -0.2) is 9.78 Å². The molecule has 0 aliphatic heterocycles. The quantitative estimate of drug-likeness (QED) is 0.525. The van der Waals surface area contributed by atoms with E-state index < -0.39 is 21.6 Å². The topological polar surface area (TPSA) is 132 Å². The summed E-state index contributed by atoms with van der Waals surface area (Å²) in [6.07, 6.45) is 5.83. The van der Waals surface area contributed by atoms with Gasteiger partial charge in [0.2, 0.25) is 0 Å². The first kappa shape index (κ1) is 24.7. The average molecular weight is 500 g/mol. The van der Waals surface area contributed by atoms with Crippen molar-refractivity contribution in [1.29, 1.82) is 0 Å². The highest BCUT2D eigenvalue weighted by atomic mass is 32.2. The summed E-state index contributed by atoms with van der Waals surface area (Å²) in [5.74, 6) is -1.13. The zero-order chi connectivity index (χ0) is 25.3. The summed E-state index contributed by atoms with van der Waals surface area (Å²) in [6, 6.07) is 6.62. The van der Waals surface area contributed by atoms with Crippen molar-refractivity contribution in [2.24, 2.45) is 13.0 Å². The number of rotatable bonds is 6. The van der Waals surface area contributed by atoms with Gasteiger partial charge in [-0.2, -0.15) is 8.42 Å². The van der Waals surface area contributed by atoms with E-state index in [2.05, 4.69) is 9.71 Å². The Morgan fingerprint density at radius 1 is 1.14 bits per heavy atom. The maximum Gasteiger partial charge on any atom is 0.343 e. The largest absolute Gasteiger partial charge is 0.506 e. The molecule has 186 valence electrons. The SMILES string of the molecule is CC(C)C(c1cccc(NS(=O)(=O)c2cn(C)cn2)c1)c1c(O)c2c(oc1=O)CCCCCC2=O. The second kappa shape index (κ2) is 9.69. The molecule has 3 aromatic rings. The lowest BCUT2D eigenvalue weighted by Gasteiger charge is -2.24. The van der Waals surface area contributed by atoms with Gasteiger partial charge >= 0.3 is 5.63 Å². The lowest BCUT2D eigenvalue weighted by molar-refractivity contribution is 0.0968. The van der Waals surface area contributed by atoms with Crippen molar-refractivity contribution >= 4 is 21.5 Å². The predicted molar refractivity (Wildman–Crippen MR) is 130 cm³/mol. The number of carbonyl (C=O) groups excluding carboxylic acids is 1. The molecule has 10 heteroatoms. The molecule has 1 aliphatic rings. The van der Waals surface area contributed by atoms with Crippen molar-refractivity contribution in [3.8, 4) is 5.75 Å². The van der Waals surface area contributed by atoms with E-state index in [1.54, 1.807) is 31.3 Å². The fourth-order valence-electron chi connectivity index (χ4n) is 4.61. The number of hydrogen-bond donors (Lipinski definition) is 2. The molecule has 0 saturated heterocycles. The lowest BCUT2D eigenvalue weighted by atomic mass is 9.81. The standard InChI is InChI=1S/C25H29N3O6S/c1-15(2)21(23-24(30)22-18(29)10-5-4-6-11-19(22)34-25(23)31)16-8-7-9-17(12-16)27-35(32,33)20-13-28(3)14-26-20/h7-9,12-15,21,27,30H,4-6,10-11H2,1-3H3. The third kappa shape index (κ3) is 5.02. The summed E-state index contributed by atoms with van der Waals surface area (Å²) in [7, 11) is -2.25. The van der Waals surface area contributed by atoms with Crippen LogP contribution in [0, 0.1) is 5.92 Å². The Bertz CT molecular complexity index is 1420. The molecule has 1 aromatic carbocycles. The van der Waals surface area contributed by atoms with Gasteiger partial charge in [-0.05, 0) is 36.5 Å². The van der Waals surface area contributed by atoms with E-state index in [4.69, 9.17) is 4.42 Å². The molecule has 35 heavy (non-hydrogen) atoms. The summed E-state index contributed by atoms with van der Waals surface area (Å²) in [5.41, 5.74) is 0.300. The first-order chi connectivity index (χ1) is 16.6. The number of ketones is 1. The monoisotopic (exact) mass is 499 g/mol. The van der Waals surface area contributed by atoms with Crippen LogP contribution in [-0.2, 0) is 23.5 Å². The van der Waals surface area contributed by atoms with Gasteiger partial charge in [0.05, 0.1) is 17.5 Å². The van der Waals surface area contributed by atoms with Crippen molar-refractivity contribution < 1.29 is 22.7 Å². The number of nitrogens with one attached hydrogen (secondary N) is 1. The van der Waals surface area contributed by atoms with E-state index in [0.29, 0.717) is 12.0 Å². The Morgan fingerprint density at radius 3 is 2.57 bits per heavy atom. The highest BCUT2D eigenvalue weighted by Crippen LogP contribution is 2.39. The van der Waals surface area contributed by atoms with Crippen LogP contribution in [0.3, 0.4) is 0 Å². The minimum atomic E-state index is -3.92. The predicted octanol–water partition coefficient (Wildman–Crippen LogP) is 3.97. The van der Waals surface area contributed by atoms with Crippen LogP contribution in [0.4, 0.5) is 5.69 Å². The zero-order valence-electron chi connectivity index (χ0n) is 19.9. The number of benzene rings is 1. The summed E-state index contributed by atoms with van der Waals surface area (Å²) in [4.78, 5) is 29.8. The van der Waals surface area contributed by atoms with Crippen molar-refractivity contribution in [3.63, 3.8) is 0 Å². The highest BCUT2D eigenvalue weighted by molar-refractivity contribution is 7.92. The molecule has 0 amide bonds. The van der Waals surface area contributed by atoms with Crippen LogP contribution in [0.1, 0.15) is 72.7 Å². The minimum Gasteiger partial charge on any atom is -0.506 e. The van der Waals surface area contributed by atoms with Crippen molar-refractivity contribution in [2.75, 3.05) is 4.72 Å². The summed E-state index contributed by atoms with van der Waals surface area (Å²) >= 11 is 0. The number of aromatic hydroxyl groups is 1. The van der Waals surface area contributed by atoms with Gasteiger partial charge in [-0.3, -0.25) is 9.52 Å². The number of carbonyl (C=O) groups is 1. The summed E-state index contributed by atoms with van der Waals surface area (Å²) in [5, 5.41) is 11.1. The Hall–Kier alpha value is -3.40. The van der Waals surface area contributed by atoms with Gasteiger partial charge < -0.3 is 14.1 Å². The van der Waals surface area contributed by atoms with Gasteiger partial charge in [-0.15, -0.1) is 0 Å². The number of hydrogen-bond acceptors (Lipinski definition) is 7. The Kier molecular flexibility index (Phi) is 6.84. The molecule has 0 spiro atoms. The maximum absolute atomic E-state index is 13.1. The molecule has 0 fully saturated rings. The number of nitrogens with zero attached hydrogens (tertiary/aromatic N) is 2. The molecule has 9 nitrogen and oxygen atoms in total. The molecule has 0 saturated carbocycles. The zero-order valence-corrected chi connectivity index (χ0v) is 20.8. The van der Waals surface area contributed by atoms with Crippen LogP contribution < -0.4 is 10.3 Å². The van der Waals surface area contributed by atoms with Crippen LogP contribution in [0.25, 0.3) is 0 Å². The van der Waals surface area contributed by atoms with E-state index in [0.717, 1.165) is 19.3 Å². The number of fused-ring (bicyclic) bond motifs is 1. The first-order valence-corrected chi connectivity index (χ1v) is 13.1. The van der Waals surface area contributed by atoms with Crippen LogP contribution in [-0.4, -0.2) is 28.9 Å². The molecule has 2 aromatic heterocycles. The van der Waals surface area contributed by atoms with E-state index >= 15 is 0 Å². The maximum atomic E-state index is 13.1. The van der Waals surface area contributed by atoms with E-state index in [9.17, 15) is 23.1 Å².